The van der Waals surface area contributed by atoms with Crippen LogP contribution in [-0.4, -0.2) is 0 Å². The van der Waals surface area contributed by atoms with E-state index >= 15 is 0 Å². The molecule has 0 heterocycles. The van der Waals surface area contributed by atoms with Crippen molar-refractivity contribution in [2.75, 3.05) is 0 Å². The van der Waals surface area contributed by atoms with Crippen molar-refractivity contribution in [3.63, 3.8) is 0 Å². The van der Waals surface area contributed by atoms with E-state index in [4.69, 9.17) is 0 Å². The molecule has 0 fully saturated rings. The molecule has 0 nitrogen and oxygen atoms in total. The second-order valence-corrected chi connectivity index (χ2v) is 3.83. The quantitative estimate of drug-likeness (QED) is 0.522. The Morgan fingerprint density at radius 2 is 1.33 bits per heavy atom. The maximum Gasteiger partial charge on any atom is 0.304 e. The minimum Gasteiger partial charge on any atom is -0.0942 e. The van der Waals surface area contributed by atoms with Gasteiger partial charge in [-0.05, 0) is 6.92 Å². The topological polar surface area (TPSA) is 0 Å². The molecule has 0 saturated carbocycles. The molecule has 0 aromatic rings. The Hall–Kier alpha value is -0.260. The predicted octanol–water partition coefficient (Wildman–Crippen LogP) is 3.82. The van der Waals surface area contributed by atoms with Gasteiger partial charge in [0.1, 0.15) is 0 Å². The van der Waals surface area contributed by atoms with Crippen LogP contribution >= 0.6 is 10.2 Å². The van der Waals surface area contributed by atoms with E-state index in [0.717, 1.165) is 6.92 Å². The number of hydrogen-bond acceptors (Lipinski definition) is 0. The third-order valence-corrected chi connectivity index (χ3v) is 1.18. The summed E-state index contributed by atoms with van der Waals surface area (Å²) in [5.41, 5.74) is 0. The highest BCUT2D eigenvalue weighted by atomic mass is 32.5. The zero-order valence-corrected chi connectivity index (χ0v) is 5.27. The van der Waals surface area contributed by atoms with Gasteiger partial charge in [0, 0.05) is 0 Å². The first-order valence-corrected chi connectivity index (χ1v) is 3.93. The first-order chi connectivity index (χ1) is 3.54. The molecule has 0 radical (unpaired) electrons. The van der Waals surface area contributed by atoms with E-state index in [1.54, 1.807) is 0 Å². The molecule has 0 spiro atoms. The highest BCUT2D eigenvalue weighted by molar-refractivity contribution is 8.48. The van der Waals surface area contributed by atoms with Crippen molar-refractivity contribution in [2.24, 2.45) is 0 Å². The van der Waals surface area contributed by atoms with Gasteiger partial charge in [-0.15, -0.1) is 0 Å². The minimum absolute atomic E-state index is 0.279. The van der Waals surface area contributed by atoms with E-state index in [1.165, 1.54) is 0 Å². The van der Waals surface area contributed by atoms with E-state index < -0.39 is 15.6 Å². The molecule has 6 heteroatoms. The lowest BCUT2D eigenvalue weighted by Crippen LogP contribution is -1.98. The summed E-state index contributed by atoms with van der Waals surface area (Å²) < 4.78 is 55.6. The zero-order chi connectivity index (χ0) is 7.82. The van der Waals surface area contributed by atoms with Crippen molar-refractivity contribution in [3.8, 4) is 0 Å². The molecule has 0 N–H and O–H groups in total. The molecule has 9 heavy (non-hydrogen) atoms. The molecular weight excluding hydrogens is 163 g/mol. The zero-order valence-electron chi connectivity index (χ0n) is 4.45. The van der Waals surface area contributed by atoms with Crippen LogP contribution in [0.3, 0.4) is 0 Å². The lowest BCUT2D eigenvalue weighted by Gasteiger charge is -2.36. The lowest BCUT2D eigenvalue weighted by atomic mass is 10.8. The second-order valence-electron chi connectivity index (χ2n) is 1.50. The lowest BCUT2D eigenvalue weighted by molar-refractivity contribution is 0.384. The number of rotatable bonds is 1. The van der Waals surface area contributed by atoms with Gasteiger partial charge in [0.2, 0.25) is 0 Å². The van der Waals surface area contributed by atoms with Crippen LogP contribution < -0.4 is 0 Å². The Balaban J connectivity index is 4.76. The van der Waals surface area contributed by atoms with Crippen LogP contribution in [-0.2, 0) is 0 Å². The molecule has 0 aliphatic rings. The molecule has 0 aromatic carbocycles. The van der Waals surface area contributed by atoms with E-state index in [-0.39, 0.29) is 6.08 Å². The first-order valence-electron chi connectivity index (χ1n) is 1.92. The Kier molecular flexibility index (Phi) is 1.22. The monoisotopic (exact) mass is 168 g/mol. The van der Waals surface area contributed by atoms with Crippen LogP contribution in [0.25, 0.3) is 0 Å². The van der Waals surface area contributed by atoms with Crippen LogP contribution in [0.1, 0.15) is 6.92 Å². The van der Waals surface area contributed by atoms with Gasteiger partial charge in [0.05, 0.1) is 5.41 Å². The smallest absolute Gasteiger partial charge is 0.0942 e. The predicted molar refractivity (Wildman–Crippen MR) is 27.9 cm³/mol. The summed E-state index contributed by atoms with van der Waals surface area (Å²) in [7, 11) is -9.21. The fraction of sp³-hybridized carbons (Fsp3) is 0.333. The summed E-state index contributed by atoms with van der Waals surface area (Å²) in [5.74, 6) is 0. The Bertz CT molecular complexity index is 136. The molecule has 0 bridgehead atoms. The SMILES string of the molecule is C/C=C\S(F)(F)(F)(F)F. The van der Waals surface area contributed by atoms with Crippen LogP contribution in [0.15, 0.2) is 11.5 Å². The molecule has 0 saturated heterocycles. The van der Waals surface area contributed by atoms with Crippen molar-refractivity contribution in [1.29, 1.82) is 0 Å². The summed E-state index contributed by atoms with van der Waals surface area (Å²) in [5, 5.41) is -0.986. The third kappa shape index (κ3) is 7.74. The molecule has 0 atom stereocenters. The van der Waals surface area contributed by atoms with Crippen molar-refractivity contribution in [2.45, 2.75) is 6.92 Å². The summed E-state index contributed by atoms with van der Waals surface area (Å²) in [6.07, 6.45) is 0.279. The van der Waals surface area contributed by atoms with Crippen molar-refractivity contribution in [1.82, 2.24) is 0 Å². The van der Waals surface area contributed by atoms with Gasteiger partial charge >= 0.3 is 10.2 Å². The highest BCUT2D eigenvalue weighted by Crippen LogP contribution is 2.98. The average molecular weight is 168 g/mol. The molecule has 58 valence electrons. The van der Waals surface area contributed by atoms with Gasteiger partial charge in [-0.25, -0.2) is 0 Å². The van der Waals surface area contributed by atoms with E-state index in [2.05, 4.69) is 0 Å². The maximum absolute atomic E-state index is 11.1. The molecule has 0 rings (SSSR count). The van der Waals surface area contributed by atoms with Gasteiger partial charge in [-0.3, -0.25) is 0 Å². The van der Waals surface area contributed by atoms with Crippen LogP contribution in [0.2, 0.25) is 0 Å². The Morgan fingerprint density at radius 3 is 1.33 bits per heavy atom. The Morgan fingerprint density at radius 1 is 1.00 bits per heavy atom. The summed E-state index contributed by atoms with van der Waals surface area (Å²) in [6.45, 7) is 0.887. The number of halogens is 5. The van der Waals surface area contributed by atoms with Gasteiger partial charge < -0.3 is 0 Å². The number of hydrogen-bond donors (Lipinski definition) is 0. The largest absolute Gasteiger partial charge is 0.304 e. The highest BCUT2D eigenvalue weighted by Gasteiger charge is 2.60. The van der Waals surface area contributed by atoms with Crippen molar-refractivity contribution < 1.29 is 19.4 Å². The standard InChI is InChI=1S/C3H5F5S/c1-2-3-9(4,5,6,7)8/h2-3H,1H3/b3-2-. The third-order valence-electron chi connectivity index (χ3n) is 0.393. The van der Waals surface area contributed by atoms with Gasteiger partial charge in [-0.2, -0.15) is 0 Å². The van der Waals surface area contributed by atoms with E-state index in [1.807, 2.05) is 0 Å². The minimum atomic E-state index is -9.21. The van der Waals surface area contributed by atoms with Crippen LogP contribution in [0, 0.1) is 0 Å². The van der Waals surface area contributed by atoms with E-state index in [9.17, 15) is 19.4 Å². The fourth-order valence-corrected chi connectivity index (χ4v) is 0.772. The van der Waals surface area contributed by atoms with Gasteiger partial charge in [0.25, 0.3) is 0 Å². The first kappa shape index (κ1) is 8.74. The molecule has 0 aliphatic heterocycles. The molecule has 0 unspecified atom stereocenters. The molecule has 0 aromatic heterocycles. The van der Waals surface area contributed by atoms with Crippen LogP contribution in [0.5, 0.6) is 0 Å². The Labute approximate surface area is 49.1 Å². The van der Waals surface area contributed by atoms with Crippen molar-refractivity contribution in [3.05, 3.63) is 11.5 Å². The van der Waals surface area contributed by atoms with Gasteiger partial charge in [-0.1, -0.05) is 25.5 Å². The summed E-state index contributed by atoms with van der Waals surface area (Å²) in [6, 6.07) is 0. The van der Waals surface area contributed by atoms with E-state index in [0.29, 0.717) is 0 Å². The maximum atomic E-state index is 11.1. The van der Waals surface area contributed by atoms with Crippen molar-refractivity contribution >= 4 is 10.2 Å². The molecule has 0 amide bonds. The molecule has 0 aliphatic carbocycles. The average Bonchev–Trinajstić information content (AvgIpc) is 1.22. The summed E-state index contributed by atoms with van der Waals surface area (Å²) in [4.78, 5) is 0. The number of allylic oxidation sites excluding steroid dienone is 1. The summed E-state index contributed by atoms with van der Waals surface area (Å²) >= 11 is 0. The molecular formula is C3H5F5S. The van der Waals surface area contributed by atoms with Crippen LogP contribution in [0.4, 0.5) is 19.4 Å². The van der Waals surface area contributed by atoms with Gasteiger partial charge in [0.15, 0.2) is 0 Å². The second kappa shape index (κ2) is 1.25. The fourth-order valence-electron chi connectivity index (χ4n) is 0.257. The normalized spacial score (nSPS) is 21.6.